The van der Waals surface area contributed by atoms with Crippen molar-refractivity contribution in [3.63, 3.8) is 0 Å². The third-order valence-corrected chi connectivity index (χ3v) is 2.05. The van der Waals surface area contributed by atoms with Crippen LogP contribution in [0.2, 0.25) is 0 Å². The molecule has 2 heteroatoms. The average Bonchev–Trinajstić information content (AvgIpc) is 2.31. The van der Waals surface area contributed by atoms with Crippen molar-refractivity contribution in [1.29, 1.82) is 0 Å². The van der Waals surface area contributed by atoms with Crippen LogP contribution in [-0.2, 0) is 6.42 Å². The van der Waals surface area contributed by atoms with Gasteiger partial charge >= 0.3 is 0 Å². The zero-order chi connectivity index (χ0) is 7.40. The van der Waals surface area contributed by atoms with Crippen molar-refractivity contribution >= 4 is 11.3 Å². The van der Waals surface area contributed by atoms with Crippen LogP contribution in [0.3, 0.4) is 0 Å². The topological polar surface area (TPSA) is 12.9 Å². The summed E-state index contributed by atoms with van der Waals surface area (Å²) >= 11 is 1.71. The zero-order valence-electron chi connectivity index (χ0n) is 6.29. The van der Waals surface area contributed by atoms with Crippen LogP contribution in [-0.4, -0.2) is 4.98 Å². The van der Waals surface area contributed by atoms with Gasteiger partial charge in [-0.25, -0.2) is 4.98 Å². The van der Waals surface area contributed by atoms with E-state index in [1.807, 2.05) is 13.8 Å². The van der Waals surface area contributed by atoms with Gasteiger partial charge in [0.05, 0.1) is 10.7 Å². The first-order chi connectivity index (χ1) is 4.83. The van der Waals surface area contributed by atoms with Gasteiger partial charge in [-0.3, -0.25) is 0 Å². The molecule has 0 bridgehead atoms. The van der Waals surface area contributed by atoms with Crippen molar-refractivity contribution in [2.45, 2.75) is 20.3 Å². The number of nitrogens with zero attached hydrogens (tertiary/aromatic N) is 1. The van der Waals surface area contributed by atoms with Gasteiger partial charge in [0.1, 0.15) is 0 Å². The monoisotopic (exact) mass is 153 g/mol. The summed E-state index contributed by atoms with van der Waals surface area (Å²) in [4.78, 5) is 4.32. The van der Waals surface area contributed by atoms with Gasteiger partial charge in [-0.2, -0.15) is 0 Å². The molecule has 0 amide bonds. The molecule has 0 aliphatic rings. The van der Waals surface area contributed by atoms with E-state index in [0.717, 1.165) is 11.4 Å². The Kier molecular flexibility index (Phi) is 2.63. The Hall–Kier alpha value is -0.630. The first kappa shape index (κ1) is 7.48. The second-order valence-electron chi connectivity index (χ2n) is 2.13. The molecule has 1 aromatic rings. The highest BCUT2D eigenvalue weighted by Crippen LogP contribution is 2.08. The number of thiazole rings is 1. The highest BCUT2D eigenvalue weighted by Gasteiger charge is 1.92. The molecule has 1 rings (SSSR count). The molecule has 0 radical (unpaired) electrons. The van der Waals surface area contributed by atoms with Crippen LogP contribution in [0.25, 0.3) is 0 Å². The molecule has 0 atom stereocenters. The molecule has 1 heterocycles. The first-order valence-corrected chi connectivity index (χ1v) is 4.23. The maximum atomic E-state index is 4.32. The summed E-state index contributed by atoms with van der Waals surface area (Å²) < 4.78 is 0. The molecule has 0 fully saturated rings. The number of aromatic nitrogens is 1. The summed E-state index contributed by atoms with van der Waals surface area (Å²) in [6.45, 7) is 4.06. The smallest absolute Gasteiger partial charge is 0.0897 e. The van der Waals surface area contributed by atoms with Gasteiger partial charge in [-0.15, -0.1) is 11.3 Å². The molecule has 10 heavy (non-hydrogen) atoms. The Bertz CT molecular complexity index is 225. The Morgan fingerprint density at radius 3 is 3.00 bits per heavy atom. The van der Waals surface area contributed by atoms with E-state index in [-0.39, 0.29) is 0 Å². The van der Waals surface area contributed by atoms with Crippen LogP contribution in [0.4, 0.5) is 0 Å². The fourth-order valence-corrected chi connectivity index (χ4v) is 1.37. The van der Waals surface area contributed by atoms with Crippen molar-refractivity contribution < 1.29 is 0 Å². The SMILES string of the molecule is C/C=C\Cc1csc(C)n1. The van der Waals surface area contributed by atoms with E-state index in [2.05, 4.69) is 22.5 Å². The molecule has 0 N–H and O–H groups in total. The molecule has 1 nitrogen and oxygen atoms in total. The van der Waals surface area contributed by atoms with E-state index in [9.17, 15) is 0 Å². The highest BCUT2D eigenvalue weighted by atomic mass is 32.1. The molecule has 0 aliphatic carbocycles. The van der Waals surface area contributed by atoms with Gasteiger partial charge in [0, 0.05) is 11.8 Å². The van der Waals surface area contributed by atoms with Crippen LogP contribution in [0, 0.1) is 6.92 Å². The molecule has 54 valence electrons. The Morgan fingerprint density at radius 2 is 2.50 bits per heavy atom. The normalized spacial score (nSPS) is 11.0. The lowest BCUT2D eigenvalue weighted by Crippen LogP contribution is -1.79. The highest BCUT2D eigenvalue weighted by molar-refractivity contribution is 7.09. The Morgan fingerprint density at radius 1 is 1.70 bits per heavy atom. The number of aryl methyl sites for hydroxylation is 1. The van der Waals surface area contributed by atoms with Gasteiger partial charge in [0.2, 0.25) is 0 Å². The minimum atomic E-state index is 0.973. The number of hydrogen-bond acceptors (Lipinski definition) is 2. The predicted octanol–water partition coefficient (Wildman–Crippen LogP) is 2.57. The van der Waals surface area contributed by atoms with E-state index in [1.54, 1.807) is 11.3 Å². The number of rotatable bonds is 2. The quantitative estimate of drug-likeness (QED) is 0.595. The lowest BCUT2D eigenvalue weighted by molar-refractivity contribution is 1.12. The van der Waals surface area contributed by atoms with Crippen molar-refractivity contribution in [1.82, 2.24) is 4.98 Å². The molecule has 0 unspecified atom stereocenters. The molecular weight excluding hydrogens is 142 g/mol. The molecule has 0 aromatic carbocycles. The third kappa shape index (κ3) is 1.95. The van der Waals surface area contributed by atoms with E-state index in [4.69, 9.17) is 0 Å². The van der Waals surface area contributed by atoms with Crippen molar-refractivity contribution in [2.75, 3.05) is 0 Å². The van der Waals surface area contributed by atoms with Crippen LogP contribution in [0.15, 0.2) is 17.5 Å². The van der Waals surface area contributed by atoms with Gasteiger partial charge in [-0.1, -0.05) is 12.2 Å². The lowest BCUT2D eigenvalue weighted by atomic mass is 10.3. The second kappa shape index (κ2) is 3.52. The Labute approximate surface area is 65.4 Å². The van der Waals surface area contributed by atoms with Gasteiger partial charge < -0.3 is 0 Å². The molecule has 0 spiro atoms. The summed E-state index contributed by atoms with van der Waals surface area (Å²) in [5.41, 5.74) is 1.18. The number of allylic oxidation sites excluding steroid dienone is 2. The fourth-order valence-electron chi connectivity index (χ4n) is 0.741. The maximum absolute atomic E-state index is 4.32. The number of hydrogen-bond donors (Lipinski definition) is 0. The Balaban J connectivity index is 2.58. The summed E-state index contributed by atoms with van der Waals surface area (Å²) in [6, 6.07) is 0. The minimum Gasteiger partial charge on any atom is -0.246 e. The molecule has 0 aliphatic heterocycles. The minimum absolute atomic E-state index is 0.973. The average molecular weight is 153 g/mol. The molecule has 0 saturated heterocycles. The largest absolute Gasteiger partial charge is 0.246 e. The standard InChI is InChI=1S/C8H11NS/c1-3-4-5-8-6-10-7(2)9-8/h3-4,6H,5H2,1-2H3/b4-3-. The van der Waals surface area contributed by atoms with Crippen LogP contribution in [0.1, 0.15) is 17.6 Å². The molecule has 0 saturated carbocycles. The lowest BCUT2D eigenvalue weighted by Gasteiger charge is -1.83. The van der Waals surface area contributed by atoms with E-state index < -0.39 is 0 Å². The van der Waals surface area contributed by atoms with Gasteiger partial charge in [0.15, 0.2) is 0 Å². The van der Waals surface area contributed by atoms with Crippen molar-refractivity contribution in [3.8, 4) is 0 Å². The van der Waals surface area contributed by atoms with E-state index in [0.29, 0.717) is 0 Å². The van der Waals surface area contributed by atoms with E-state index >= 15 is 0 Å². The summed E-state index contributed by atoms with van der Waals surface area (Å²) in [5.74, 6) is 0. The van der Waals surface area contributed by atoms with Crippen LogP contribution >= 0.6 is 11.3 Å². The third-order valence-electron chi connectivity index (χ3n) is 1.23. The zero-order valence-corrected chi connectivity index (χ0v) is 7.11. The molecule has 1 aromatic heterocycles. The maximum Gasteiger partial charge on any atom is 0.0897 e. The first-order valence-electron chi connectivity index (χ1n) is 3.35. The van der Waals surface area contributed by atoms with Gasteiger partial charge in [0.25, 0.3) is 0 Å². The predicted molar refractivity (Wildman–Crippen MR) is 45.4 cm³/mol. The summed E-state index contributed by atoms with van der Waals surface area (Å²) in [5, 5.41) is 3.26. The van der Waals surface area contributed by atoms with E-state index in [1.165, 1.54) is 5.69 Å². The second-order valence-corrected chi connectivity index (χ2v) is 3.19. The summed E-state index contributed by atoms with van der Waals surface area (Å²) in [7, 11) is 0. The van der Waals surface area contributed by atoms with Crippen LogP contribution < -0.4 is 0 Å². The fraction of sp³-hybridized carbons (Fsp3) is 0.375. The van der Waals surface area contributed by atoms with Crippen molar-refractivity contribution in [2.24, 2.45) is 0 Å². The summed E-state index contributed by atoms with van der Waals surface area (Å²) in [6.07, 6.45) is 5.14. The van der Waals surface area contributed by atoms with Crippen molar-refractivity contribution in [3.05, 3.63) is 28.2 Å². The van der Waals surface area contributed by atoms with Gasteiger partial charge in [-0.05, 0) is 13.8 Å². The molecular formula is C8H11NS. The van der Waals surface area contributed by atoms with Crippen LogP contribution in [0.5, 0.6) is 0 Å².